The summed E-state index contributed by atoms with van der Waals surface area (Å²) in [5, 5.41) is 3.00. The third-order valence-corrected chi connectivity index (χ3v) is 4.47. The Bertz CT molecular complexity index is 559. The van der Waals surface area contributed by atoms with Crippen molar-refractivity contribution in [3.63, 3.8) is 0 Å². The van der Waals surface area contributed by atoms with Crippen LogP contribution >= 0.6 is 0 Å². The molecule has 1 unspecified atom stereocenters. The number of morpholine rings is 1. The van der Waals surface area contributed by atoms with Crippen molar-refractivity contribution in [2.24, 2.45) is 11.7 Å². The number of rotatable bonds is 6. The summed E-state index contributed by atoms with van der Waals surface area (Å²) in [6.07, 6.45) is 2.21. The highest BCUT2D eigenvalue weighted by Gasteiger charge is 2.37. The highest BCUT2D eigenvalue weighted by Crippen LogP contribution is 2.32. The van der Waals surface area contributed by atoms with Gasteiger partial charge in [0.05, 0.1) is 6.61 Å². The fourth-order valence-corrected chi connectivity index (χ4v) is 2.95. The van der Waals surface area contributed by atoms with Gasteiger partial charge >= 0.3 is 0 Å². The van der Waals surface area contributed by atoms with E-state index in [1.807, 2.05) is 30.3 Å². The number of amides is 2. The highest BCUT2D eigenvalue weighted by molar-refractivity contribution is 5.89. The van der Waals surface area contributed by atoms with Gasteiger partial charge < -0.3 is 20.7 Å². The fourth-order valence-electron chi connectivity index (χ4n) is 2.95. The molecular formula is C17H23N3O3. The molecule has 2 atom stereocenters. The van der Waals surface area contributed by atoms with Crippen LogP contribution in [-0.4, -0.2) is 48.6 Å². The van der Waals surface area contributed by atoms with Gasteiger partial charge in [0.25, 0.3) is 0 Å². The molecule has 1 aromatic rings. The van der Waals surface area contributed by atoms with E-state index in [2.05, 4.69) is 5.32 Å². The molecule has 1 saturated heterocycles. The molecule has 2 aliphatic rings. The number of nitrogens with one attached hydrogen (secondary N) is 1. The minimum atomic E-state index is -0.593. The van der Waals surface area contributed by atoms with E-state index >= 15 is 0 Å². The Hall–Kier alpha value is -1.92. The lowest BCUT2D eigenvalue weighted by Gasteiger charge is -2.35. The van der Waals surface area contributed by atoms with E-state index in [1.54, 1.807) is 4.90 Å². The van der Waals surface area contributed by atoms with Crippen molar-refractivity contribution < 1.29 is 14.3 Å². The summed E-state index contributed by atoms with van der Waals surface area (Å²) >= 11 is 0. The van der Waals surface area contributed by atoms with Crippen LogP contribution in [0.15, 0.2) is 30.3 Å². The Morgan fingerprint density at radius 2 is 2.09 bits per heavy atom. The highest BCUT2D eigenvalue weighted by atomic mass is 16.5. The van der Waals surface area contributed by atoms with Gasteiger partial charge in [-0.15, -0.1) is 0 Å². The van der Waals surface area contributed by atoms with Gasteiger partial charge in [-0.05, 0) is 24.3 Å². The zero-order valence-corrected chi connectivity index (χ0v) is 13.1. The summed E-state index contributed by atoms with van der Waals surface area (Å²) in [6.45, 7) is 1.10. The van der Waals surface area contributed by atoms with Crippen LogP contribution in [0.4, 0.5) is 0 Å². The first-order valence-corrected chi connectivity index (χ1v) is 8.10. The quantitative estimate of drug-likeness (QED) is 0.788. The minimum absolute atomic E-state index is 0.00176. The molecule has 23 heavy (non-hydrogen) atoms. The van der Waals surface area contributed by atoms with Gasteiger partial charge in [-0.2, -0.15) is 0 Å². The molecule has 1 aromatic carbocycles. The molecule has 0 radical (unpaired) electrons. The molecule has 1 aliphatic heterocycles. The first-order chi connectivity index (χ1) is 11.2. The molecular weight excluding hydrogens is 294 g/mol. The van der Waals surface area contributed by atoms with Crippen molar-refractivity contribution in [1.29, 1.82) is 0 Å². The maximum Gasteiger partial charge on any atom is 0.249 e. The van der Waals surface area contributed by atoms with E-state index in [4.69, 9.17) is 10.5 Å². The average molecular weight is 317 g/mol. The second-order valence-electron chi connectivity index (χ2n) is 6.23. The van der Waals surface area contributed by atoms with Gasteiger partial charge in [0.1, 0.15) is 12.6 Å². The number of hydrogen-bond acceptors (Lipinski definition) is 4. The second kappa shape index (κ2) is 7.10. The van der Waals surface area contributed by atoms with Crippen LogP contribution in [0.2, 0.25) is 0 Å². The minimum Gasteiger partial charge on any atom is -0.369 e. The van der Waals surface area contributed by atoms with Crippen molar-refractivity contribution >= 4 is 11.8 Å². The molecule has 0 aromatic heterocycles. The zero-order valence-electron chi connectivity index (χ0n) is 13.1. The lowest BCUT2D eigenvalue weighted by Crippen LogP contribution is -2.58. The molecule has 3 N–H and O–H groups in total. The monoisotopic (exact) mass is 317 g/mol. The number of carbonyl (C=O) groups excluding carboxylic acids is 2. The van der Waals surface area contributed by atoms with Crippen molar-refractivity contribution in [1.82, 2.24) is 10.2 Å². The standard InChI is InChI=1S/C17H23N3O3/c18-8-14(13-6-7-13)19-17(22)15-10-23-11-16(21)20(15)9-12-4-2-1-3-5-12/h1-5,13-15H,6-11,18H2,(H,19,22)/t14?,15-/m1/s1. The molecule has 0 spiro atoms. The first kappa shape index (κ1) is 16.0. The number of hydrogen-bond donors (Lipinski definition) is 2. The van der Waals surface area contributed by atoms with Crippen LogP contribution in [0.5, 0.6) is 0 Å². The third kappa shape index (κ3) is 3.89. The number of nitrogens with two attached hydrogens (primary N) is 1. The number of carbonyl (C=O) groups is 2. The number of nitrogens with zero attached hydrogens (tertiary/aromatic N) is 1. The molecule has 2 fully saturated rings. The fraction of sp³-hybridized carbons (Fsp3) is 0.529. The van der Waals surface area contributed by atoms with E-state index in [-0.39, 0.29) is 31.1 Å². The van der Waals surface area contributed by atoms with Gasteiger partial charge in [-0.25, -0.2) is 0 Å². The summed E-state index contributed by atoms with van der Waals surface area (Å²) in [4.78, 5) is 26.4. The van der Waals surface area contributed by atoms with Gasteiger partial charge in [0, 0.05) is 19.1 Å². The summed E-state index contributed by atoms with van der Waals surface area (Å²) < 4.78 is 5.29. The van der Waals surface area contributed by atoms with E-state index < -0.39 is 6.04 Å². The van der Waals surface area contributed by atoms with E-state index in [1.165, 1.54) is 0 Å². The van der Waals surface area contributed by atoms with Crippen LogP contribution in [0.3, 0.4) is 0 Å². The van der Waals surface area contributed by atoms with Crippen LogP contribution in [0, 0.1) is 5.92 Å². The summed E-state index contributed by atoms with van der Waals surface area (Å²) in [5.41, 5.74) is 6.75. The smallest absolute Gasteiger partial charge is 0.249 e. The van der Waals surface area contributed by atoms with Crippen LogP contribution in [0.1, 0.15) is 18.4 Å². The lowest BCUT2D eigenvalue weighted by molar-refractivity contribution is -0.156. The van der Waals surface area contributed by atoms with Gasteiger partial charge in [-0.1, -0.05) is 30.3 Å². The molecule has 1 aliphatic carbocycles. The number of ether oxygens (including phenoxy) is 1. The second-order valence-corrected chi connectivity index (χ2v) is 6.23. The Kier molecular flexibility index (Phi) is 4.93. The van der Waals surface area contributed by atoms with E-state index in [0.29, 0.717) is 19.0 Å². The molecule has 124 valence electrons. The molecule has 2 amide bonds. The van der Waals surface area contributed by atoms with Crippen LogP contribution < -0.4 is 11.1 Å². The normalized spacial score (nSPS) is 22.7. The Morgan fingerprint density at radius 1 is 1.35 bits per heavy atom. The van der Waals surface area contributed by atoms with E-state index in [0.717, 1.165) is 18.4 Å². The molecule has 1 heterocycles. The van der Waals surface area contributed by atoms with Gasteiger partial charge in [-0.3, -0.25) is 9.59 Å². The first-order valence-electron chi connectivity index (χ1n) is 8.10. The van der Waals surface area contributed by atoms with Crippen molar-refractivity contribution in [3.05, 3.63) is 35.9 Å². The topological polar surface area (TPSA) is 84.7 Å². The SMILES string of the molecule is NCC(NC(=O)[C@H]1COCC(=O)N1Cc1ccccc1)C1CC1. The van der Waals surface area contributed by atoms with Crippen LogP contribution in [0.25, 0.3) is 0 Å². The molecule has 3 rings (SSSR count). The Labute approximate surface area is 136 Å². The summed E-state index contributed by atoms with van der Waals surface area (Å²) in [7, 11) is 0. The lowest BCUT2D eigenvalue weighted by atomic mass is 10.1. The molecule has 6 nitrogen and oxygen atoms in total. The van der Waals surface area contributed by atoms with E-state index in [9.17, 15) is 9.59 Å². The maximum absolute atomic E-state index is 12.6. The van der Waals surface area contributed by atoms with Crippen molar-refractivity contribution in [2.45, 2.75) is 31.5 Å². The molecule has 0 bridgehead atoms. The number of benzene rings is 1. The molecule has 1 saturated carbocycles. The van der Waals surface area contributed by atoms with Crippen molar-refractivity contribution in [2.75, 3.05) is 19.8 Å². The average Bonchev–Trinajstić information content (AvgIpc) is 3.40. The zero-order chi connectivity index (χ0) is 16.2. The van der Waals surface area contributed by atoms with Gasteiger partial charge in [0.15, 0.2) is 0 Å². The maximum atomic E-state index is 12.6. The van der Waals surface area contributed by atoms with Crippen molar-refractivity contribution in [3.8, 4) is 0 Å². The predicted molar refractivity (Wildman–Crippen MR) is 85.3 cm³/mol. The summed E-state index contributed by atoms with van der Waals surface area (Å²) in [6, 6.07) is 9.08. The van der Waals surface area contributed by atoms with Gasteiger partial charge in [0.2, 0.25) is 11.8 Å². The summed E-state index contributed by atoms with van der Waals surface area (Å²) in [5.74, 6) is 0.152. The Balaban J connectivity index is 1.69. The predicted octanol–water partition coefficient (Wildman–Crippen LogP) is 0.268. The van der Waals surface area contributed by atoms with Crippen LogP contribution in [-0.2, 0) is 20.9 Å². The molecule has 6 heteroatoms. The Morgan fingerprint density at radius 3 is 2.74 bits per heavy atom. The largest absolute Gasteiger partial charge is 0.369 e. The third-order valence-electron chi connectivity index (χ3n) is 4.47.